The van der Waals surface area contributed by atoms with Crippen LogP contribution in [0.1, 0.15) is 29.8 Å². The van der Waals surface area contributed by atoms with E-state index in [-0.39, 0.29) is 0 Å². The standard InChI is InChI=1S/C22H31N3/c1-20-8-5-11-22(23-20)13-19-25-16-6-14-24(15-7-17-25)18-12-21-9-3-2-4-10-21/h2-5,8-11H,6-7,12-19H2,1H3. The highest BCUT2D eigenvalue weighted by molar-refractivity contribution is 5.15. The van der Waals surface area contributed by atoms with Crippen molar-refractivity contribution < 1.29 is 0 Å². The zero-order valence-electron chi connectivity index (χ0n) is 15.5. The van der Waals surface area contributed by atoms with E-state index in [0.29, 0.717) is 0 Å². The van der Waals surface area contributed by atoms with Crippen LogP contribution in [0.3, 0.4) is 0 Å². The first-order chi connectivity index (χ1) is 12.3. The highest BCUT2D eigenvalue weighted by Gasteiger charge is 2.13. The minimum Gasteiger partial charge on any atom is -0.303 e. The summed E-state index contributed by atoms with van der Waals surface area (Å²) in [7, 11) is 0. The fourth-order valence-corrected chi connectivity index (χ4v) is 3.65. The van der Waals surface area contributed by atoms with Gasteiger partial charge in [-0.2, -0.15) is 0 Å². The molecule has 0 amide bonds. The largest absolute Gasteiger partial charge is 0.303 e. The zero-order chi connectivity index (χ0) is 17.3. The van der Waals surface area contributed by atoms with Crippen LogP contribution in [0, 0.1) is 6.92 Å². The number of aromatic nitrogens is 1. The van der Waals surface area contributed by atoms with Crippen molar-refractivity contribution >= 4 is 0 Å². The summed E-state index contributed by atoms with van der Waals surface area (Å²) in [5.74, 6) is 0. The first-order valence-corrected chi connectivity index (χ1v) is 9.71. The van der Waals surface area contributed by atoms with Crippen molar-refractivity contribution in [2.45, 2.75) is 32.6 Å². The molecule has 0 atom stereocenters. The number of aryl methyl sites for hydroxylation is 1. The smallest absolute Gasteiger partial charge is 0.0419 e. The van der Waals surface area contributed by atoms with Crippen LogP contribution in [0.4, 0.5) is 0 Å². The summed E-state index contributed by atoms with van der Waals surface area (Å²) in [5, 5.41) is 0. The van der Waals surface area contributed by atoms with Gasteiger partial charge in [0.25, 0.3) is 0 Å². The van der Waals surface area contributed by atoms with Crippen LogP contribution in [0.2, 0.25) is 0 Å². The second-order valence-corrected chi connectivity index (χ2v) is 7.15. The average molecular weight is 338 g/mol. The van der Waals surface area contributed by atoms with E-state index in [4.69, 9.17) is 0 Å². The minimum atomic E-state index is 1.07. The van der Waals surface area contributed by atoms with Gasteiger partial charge < -0.3 is 9.80 Å². The number of benzene rings is 1. The Kier molecular flexibility index (Phi) is 7.01. The summed E-state index contributed by atoms with van der Waals surface area (Å²) in [6.07, 6.45) is 4.79. The molecule has 1 fully saturated rings. The Morgan fingerprint density at radius 3 is 2.04 bits per heavy atom. The molecule has 1 aliphatic rings. The lowest BCUT2D eigenvalue weighted by Gasteiger charge is -2.30. The second kappa shape index (κ2) is 9.69. The maximum atomic E-state index is 4.63. The van der Waals surface area contributed by atoms with Gasteiger partial charge in [-0.1, -0.05) is 36.4 Å². The molecule has 1 aromatic carbocycles. The molecule has 0 unspecified atom stereocenters. The molecule has 1 saturated heterocycles. The minimum absolute atomic E-state index is 1.07. The van der Waals surface area contributed by atoms with Crippen LogP contribution < -0.4 is 0 Å². The van der Waals surface area contributed by atoms with Crippen LogP contribution in [-0.2, 0) is 12.8 Å². The van der Waals surface area contributed by atoms with E-state index in [1.165, 1.54) is 63.2 Å². The average Bonchev–Trinajstić information content (AvgIpc) is 2.61. The number of rotatable bonds is 6. The summed E-state index contributed by atoms with van der Waals surface area (Å²) >= 11 is 0. The number of pyridine rings is 1. The van der Waals surface area contributed by atoms with Gasteiger partial charge in [0, 0.05) is 30.9 Å². The summed E-state index contributed by atoms with van der Waals surface area (Å²) in [4.78, 5) is 9.90. The second-order valence-electron chi connectivity index (χ2n) is 7.15. The first kappa shape index (κ1) is 18.1. The molecule has 3 heteroatoms. The molecule has 0 bridgehead atoms. The van der Waals surface area contributed by atoms with Crippen molar-refractivity contribution in [3.8, 4) is 0 Å². The molecule has 3 rings (SSSR count). The van der Waals surface area contributed by atoms with Crippen LogP contribution in [0.15, 0.2) is 48.5 Å². The van der Waals surface area contributed by atoms with Gasteiger partial charge in [-0.05, 0) is 70.1 Å². The van der Waals surface area contributed by atoms with Crippen LogP contribution >= 0.6 is 0 Å². The van der Waals surface area contributed by atoms with E-state index in [2.05, 4.69) is 70.2 Å². The summed E-state index contributed by atoms with van der Waals surface area (Å²) in [6.45, 7) is 9.29. The van der Waals surface area contributed by atoms with Gasteiger partial charge >= 0.3 is 0 Å². The molecule has 0 radical (unpaired) electrons. The van der Waals surface area contributed by atoms with Crippen LogP contribution in [0.25, 0.3) is 0 Å². The molecule has 134 valence electrons. The summed E-state index contributed by atoms with van der Waals surface area (Å²) in [5.41, 5.74) is 3.81. The van der Waals surface area contributed by atoms with Crippen molar-refractivity contribution in [1.29, 1.82) is 0 Å². The lowest BCUT2D eigenvalue weighted by atomic mass is 10.1. The lowest BCUT2D eigenvalue weighted by molar-refractivity contribution is 0.184. The van der Waals surface area contributed by atoms with Crippen molar-refractivity contribution in [1.82, 2.24) is 14.8 Å². The number of hydrogen-bond donors (Lipinski definition) is 0. The van der Waals surface area contributed by atoms with Crippen LogP contribution in [0.5, 0.6) is 0 Å². The third kappa shape index (κ3) is 6.26. The normalized spacial score (nSPS) is 17.2. The highest BCUT2D eigenvalue weighted by atomic mass is 15.2. The fraction of sp³-hybridized carbons (Fsp3) is 0.500. The molecular formula is C22H31N3. The third-order valence-corrected chi connectivity index (χ3v) is 5.09. The highest BCUT2D eigenvalue weighted by Crippen LogP contribution is 2.08. The molecule has 25 heavy (non-hydrogen) atoms. The Bertz CT molecular complexity index is 616. The van der Waals surface area contributed by atoms with E-state index < -0.39 is 0 Å². The number of hydrogen-bond acceptors (Lipinski definition) is 3. The van der Waals surface area contributed by atoms with Gasteiger partial charge in [0.15, 0.2) is 0 Å². The molecule has 2 heterocycles. The predicted octanol–water partition coefficient (Wildman–Crippen LogP) is 3.57. The summed E-state index contributed by atoms with van der Waals surface area (Å²) in [6, 6.07) is 17.2. The molecule has 2 aromatic rings. The maximum absolute atomic E-state index is 4.63. The van der Waals surface area contributed by atoms with Gasteiger partial charge in [-0.15, -0.1) is 0 Å². The van der Waals surface area contributed by atoms with E-state index in [1.54, 1.807) is 0 Å². The predicted molar refractivity (Wildman–Crippen MR) is 105 cm³/mol. The third-order valence-electron chi connectivity index (χ3n) is 5.09. The molecule has 3 nitrogen and oxygen atoms in total. The van der Waals surface area contributed by atoms with E-state index >= 15 is 0 Å². The Morgan fingerprint density at radius 1 is 0.760 bits per heavy atom. The van der Waals surface area contributed by atoms with E-state index in [0.717, 1.165) is 18.7 Å². The van der Waals surface area contributed by atoms with Gasteiger partial charge in [0.05, 0.1) is 0 Å². The molecule has 1 aromatic heterocycles. The Hall–Kier alpha value is -1.71. The summed E-state index contributed by atoms with van der Waals surface area (Å²) < 4.78 is 0. The molecule has 0 N–H and O–H groups in total. The van der Waals surface area contributed by atoms with Gasteiger partial charge in [0.2, 0.25) is 0 Å². The van der Waals surface area contributed by atoms with Crippen molar-refractivity contribution in [2.75, 3.05) is 39.3 Å². The van der Waals surface area contributed by atoms with Gasteiger partial charge in [0.1, 0.15) is 0 Å². The van der Waals surface area contributed by atoms with Gasteiger partial charge in [-0.25, -0.2) is 0 Å². The monoisotopic (exact) mass is 337 g/mol. The van der Waals surface area contributed by atoms with Crippen molar-refractivity contribution in [3.63, 3.8) is 0 Å². The molecular weight excluding hydrogens is 306 g/mol. The lowest BCUT2D eigenvalue weighted by Crippen LogP contribution is -2.38. The molecule has 1 aliphatic heterocycles. The Balaban J connectivity index is 1.38. The quantitative estimate of drug-likeness (QED) is 0.803. The molecule has 0 aliphatic carbocycles. The van der Waals surface area contributed by atoms with Crippen molar-refractivity contribution in [3.05, 3.63) is 65.5 Å². The molecule has 0 saturated carbocycles. The van der Waals surface area contributed by atoms with E-state index in [9.17, 15) is 0 Å². The fourth-order valence-electron chi connectivity index (χ4n) is 3.65. The zero-order valence-corrected chi connectivity index (χ0v) is 15.5. The number of nitrogens with zero attached hydrogens (tertiary/aromatic N) is 3. The Labute approximate surface area is 152 Å². The maximum Gasteiger partial charge on any atom is 0.0419 e. The van der Waals surface area contributed by atoms with Gasteiger partial charge in [-0.3, -0.25) is 4.98 Å². The van der Waals surface area contributed by atoms with E-state index in [1.807, 2.05) is 0 Å². The first-order valence-electron chi connectivity index (χ1n) is 9.71. The topological polar surface area (TPSA) is 19.4 Å². The molecule has 0 spiro atoms. The Morgan fingerprint density at radius 2 is 1.40 bits per heavy atom. The SMILES string of the molecule is Cc1cccc(CCN2CCCN(CCc3ccccc3)CCC2)n1. The van der Waals surface area contributed by atoms with Crippen LogP contribution in [-0.4, -0.2) is 54.1 Å². The van der Waals surface area contributed by atoms with Crippen molar-refractivity contribution in [2.24, 2.45) is 0 Å².